The SMILES string of the molecule is C=CC[C@H](C[C@@H](C[C@@H](C[C@@H](C[C@H](C[C@@H](C[C@H](C[C@H](C[C@H](CC[C@H](C)[C@@H](O[Si](CC)(CC)CC)C(C)C)B1OC(C)(C)C(C)(C)O1)B1OC(C)(C)C(C)(C)O1)B1OC(C)(C)C(C)(C)O1)B1OC(C)(C)C(C)(C)O1)B1OC(C)(C)C(C)(C)O1)B1OC(C)(C)C(C)(C)O1)B1OC(C)(C)C(C)(C)O1)B1OC(C)(C)C(C)(C)O1)O[Si](C)(C)C(C)(C)C. The molecule has 0 bridgehead atoms. The molecule has 8 aliphatic rings. The third-order valence-corrected chi connectivity index (χ3v) is 42.5. The zero-order chi connectivity index (χ0) is 88.4. The Bertz CT molecular complexity index is 3120. The van der Waals surface area contributed by atoms with Crippen molar-refractivity contribution in [1.82, 2.24) is 0 Å². The van der Waals surface area contributed by atoms with E-state index in [4.69, 9.17) is 83.3 Å². The summed E-state index contributed by atoms with van der Waals surface area (Å²) in [4.78, 5) is 0. The highest BCUT2D eigenvalue weighted by atomic mass is 28.4. The molecule has 8 rings (SSSR count). The van der Waals surface area contributed by atoms with Crippen LogP contribution in [-0.4, -0.2) is 175 Å². The van der Waals surface area contributed by atoms with Gasteiger partial charge >= 0.3 is 56.9 Å². The van der Waals surface area contributed by atoms with E-state index >= 15 is 0 Å². The highest BCUT2D eigenvalue weighted by Gasteiger charge is 2.66. The van der Waals surface area contributed by atoms with Crippen molar-refractivity contribution in [3.05, 3.63) is 12.7 Å². The van der Waals surface area contributed by atoms with Crippen molar-refractivity contribution >= 4 is 73.6 Å². The molecule has 8 fully saturated rings. The molecule has 28 heteroatoms. The fraction of sp³-hybridized carbons (Fsp3) is 0.977. The van der Waals surface area contributed by atoms with E-state index in [0.29, 0.717) is 63.7 Å². The van der Waals surface area contributed by atoms with Gasteiger partial charge in [-0.1, -0.05) is 120 Å². The molecule has 0 unspecified atom stereocenters. The molecular weight excluding hydrogens is 1490 g/mol. The van der Waals surface area contributed by atoms with Crippen LogP contribution in [0.2, 0.25) is 82.8 Å². The summed E-state index contributed by atoms with van der Waals surface area (Å²) in [6.07, 6.45) is 9.13. The lowest BCUT2D eigenvalue weighted by molar-refractivity contribution is 0.00578. The number of hydrogen-bond donors (Lipinski definition) is 0. The van der Waals surface area contributed by atoms with E-state index in [1.807, 2.05) is 6.08 Å². The second-order valence-electron chi connectivity index (χ2n) is 47.6. The van der Waals surface area contributed by atoms with Crippen molar-refractivity contribution in [2.45, 2.75) is 539 Å². The Balaban J connectivity index is 1.32. The van der Waals surface area contributed by atoms with Gasteiger partial charge in [0.05, 0.1) is 89.6 Å². The van der Waals surface area contributed by atoms with E-state index in [0.717, 1.165) is 31.0 Å². The van der Waals surface area contributed by atoms with Crippen LogP contribution in [0, 0.1) is 11.8 Å². The molecule has 8 heterocycles. The Morgan fingerprint density at radius 2 is 0.474 bits per heavy atom. The maximum absolute atomic E-state index is 7.54. The quantitative estimate of drug-likeness (QED) is 0.0423. The molecule has 8 saturated heterocycles. The maximum Gasteiger partial charge on any atom is 0.461 e. The van der Waals surface area contributed by atoms with Crippen LogP contribution < -0.4 is 0 Å². The van der Waals surface area contributed by atoms with Crippen molar-refractivity contribution in [2.24, 2.45) is 11.8 Å². The first-order valence-electron chi connectivity index (χ1n) is 46.0. The summed E-state index contributed by atoms with van der Waals surface area (Å²) in [5.41, 5.74) is -10.5. The van der Waals surface area contributed by atoms with E-state index in [1.165, 1.54) is 0 Å². The van der Waals surface area contributed by atoms with Crippen LogP contribution in [0.1, 0.15) is 355 Å². The fourth-order valence-electron chi connectivity index (χ4n) is 18.1. The Kier molecular flexibility index (Phi) is 30.5. The molecule has 664 valence electrons. The second kappa shape index (κ2) is 34.9. The van der Waals surface area contributed by atoms with Crippen molar-refractivity contribution in [2.75, 3.05) is 0 Å². The van der Waals surface area contributed by atoms with Crippen molar-refractivity contribution in [3.8, 4) is 0 Å². The lowest BCUT2D eigenvalue weighted by atomic mass is 9.48. The highest BCUT2D eigenvalue weighted by Crippen LogP contribution is 2.59. The standard InChI is InChI=1S/C88H172B8O18Si2/c1-45-49-70(97-115(43,44)72(8,9)10)59-69(96-113-87(39,40)88(41,42)114-96)58-68(95-111-85(35,36)86(37,38)112-95)57-67(94-109-83(31,32)84(33,34)110-94)56-66(93-107-81(27,28)82(29,30)108-93)55-65(92-105-79(23,24)80(25,26)106-92)54-64(91-103-77(19,20)78(21,22)104-91)53-63(90-101-75(15,16)76(17,18)102-90)52-62(89-99-73(11,12)74(13,14)100-89)51-50-61(7)71(60(5)6)98-116(46-2,47-3)48-4/h45,60-71H,1,46-59H2,2-44H3/t61-,62-,63-,64-,65+,66-,67+,68+,69+,70+,71-/m0/s1. The Hall–Kier alpha value is -0.0268. The largest absolute Gasteiger partial charge is 0.461 e. The molecule has 11 atom stereocenters. The second-order valence-corrected chi connectivity index (χ2v) is 57.1. The normalized spacial score (nSPS) is 28.5. The van der Waals surface area contributed by atoms with Gasteiger partial charge in [0.2, 0.25) is 0 Å². The fourth-order valence-corrected chi connectivity index (χ4v) is 22.6. The van der Waals surface area contributed by atoms with Crippen LogP contribution in [0.4, 0.5) is 0 Å². The van der Waals surface area contributed by atoms with Gasteiger partial charge in [0.1, 0.15) is 0 Å². The van der Waals surface area contributed by atoms with Crippen LogP contribution in [0.15, 0.2) is 12.7 Å². The zero-order valence-electron chi connectivity index (χ0n) is 82.6. The van der Waals surface area contributed by atoms with Gasteiger partial charge in [0.25, 0.3) is 0 Å². The number of hydrogen-bond acceptors (Lipinski definition) is 18. The van der Waals surface area contributed by atoms with Crippen molar-refractivity contribution in [1.29, 1.82) is 0 Å². The number of rotatable bonds is 38. The molecular formula is C88H172B8O18Si2. The van der Waals surface area contributed by atoms with E-state index in [-0.39, 0.29) is 69.7 Å². The highest BCUT2D eigenvalue weighted by molar-refractivity contribution is 6.74. The molecule has 116 heavy (non-hydrogen) atoms. The molecule has 18 nitrogen and oxygen atoms in total. The monoisotopic (exact) mass is 1660 g/mol. The molecule has 0 N–H and O–H groups in total. The molecule has 0 aromatic carbocycles. The summed E-state index contributed by atoms with van der Waals surface area (Å²) in [7, 11) is -9.39. The Labute approximate surface area is 716 Å². The predicted molar refractivity (Wildman–Crippen MR) is 488 cm³/mol. The van der Waals surface area contributed by atoms with Crippen LogP contribution in [0.25, 0.3) is 0 Å². The first-order chi connectivity index (χ1) is 52.2. The topological polar surface area (TPSA) is 166 Å². The summed E-state index contributed by atoms with van der Waals surface area (Å²) in [6, 6.07) is 3.31. The minimum atomic E-state index is -2.32. The maximum atomic E-state index is 7.54. The summed E-state index contributed by atoms with van der Waals surface area (Å²) >= 11 is 0. The zero-order valence-corrected chi connectivity index (χ0v) is 84.6. The molecule has 0 amide bonds. The van der Waals surface area contributed by atoms with E-state index in [9.17, 15) is 0 Å². The van der Waals surface area contributed by atoms with Gasteiger partial charge in [-0.05, 0) is 335 Å². The summed E-state index contributed by atoms with van der Waals surface area (Å²) in [6.45, 7) is 99.3. The average molecular weight is 1660 g/mol. The molecule has 0 aromatic heterocycles. The average Bonchev–Trinajstić information content (AvgIpc) is 1.60. The van der Waals surface area contributed by atoms with Gasteiger partial charge in [-0.25, -0.2) is 0 Å². The smallest absolute Gasteiger partial charge is 0.414 e. The van der Waals surface area contributed by atoms with E-state index < -0.39 is 163 Å². The first kappa shape index (κ1) is 101. The van der Waals surface area contributed by atoms with Crippen LogP contribution >= 0.6 is 0 Å². The molecule has 8 aliphatic heterocycles. The first-order valence-corrected chi connectivity index (χ1v) is 51.4. The molecule has 0 aromatic rings. The van der Waals surface area contributed by atoms with Gasteiger partial charge in [-0.15, -0.1) is 6.58 Å². The van der Waals surface area contributed by atoms with Crippen LogP contribution in [0.5, 0.6) is 0 Å². The van der Waals surface area contributed by atoms with E-state index in [2.05, 4.69) is 304 Å². The third-order valence-electron chi connectivity index (χ3n) is 33.3. The van der Waals surface area contributed by atoms with Gasteiger partial charge in [-0.2, -0.15) is 0 Å². The lowest BCUT2D eigenvalue weighted by Crippen LogP contribution is -2.45. The summed E-state index contributed by atoms with van der Waals surface area (Å²) in [5, 5.41) is -0.0369. The minimum Gasteiger partial charge on any atom is -0.414 e. The summed E-state index contributed by atoms with van der Waals surface area (Å²) in [5.74, 6) is -1.39. The minimum absolute atomic E-state index is 0.0369. The van der Waals surface area contributed by atoms with Crippen LogP contribution in [0.3, 0.4) is 0 Å². The van der Waals surface area contributed by atoms with Gasteiger partial charge in [0, 0.05) is 12.2 Å². The van der Waals surface area contributed by atoms with Gasteiger partial charge < -0.3 is 83.3 Å². The molecule has 0 aliphatic carbocycles. The van der Waals surface area contributed by atoms with Gasteiger partial charge in [0.15, 0.2) is 16.6 Å². The predicted octanol–water partition coefficient (Wildman–Crippen LogP) is 23.2. The van der Waals surface area contributed by atoms with Crippen molar-refractivity contribution in [3.63, 3.8) is 0 Å². The molecule has 0 spiro atoms. The molecule has 0 radical (unpaired) electrons. The Morgan fingerprint density at radius 3 is 0.647 bits per heavy atom. The molecule has 0 saturated carbocycles. The van der Waals surface area contributed by atoms with Gasteiger partial charge in [-0.3, -0.25) is 0 Å². The van der Waals surface area contributed by atoms with Crippen molar-refractivity contribution < 1.29 is 83.3 Å². The summed E-state index contributed by atoms with van der Waals surface area (Å²) < 4.78 is 134. The van der Waals surface area contributed by atoms with E-state index in [1.54, 1.807) is 0 Å². The van der Waals surface area contributed by atoms with Crippen LogP contribution in [-0.2, 0) is 83.3 Å². The lowest BCUT2D eigenvalue weighted by Gasteiger charge is -2.40. The Morgan fingerprint density at radius 1 is 0.293 bits per heavy atom. The third kappa shape index (κ3) is 21.5.